The molecule has 160 valence electrons. The molecule has 1 aliphatic heterocycles. The van der Waals surface area contributed by atoms with Crippen molar-refractivity contribution >= 4 is 28.9 Å². The molecule has 1 aliphatic rings. The number of benzene rings is 3. The van der Waals surface area contributed by atoms with Gasteiger partial charge in [0.05, 0.1) is 6.04 Å². The third-order valence-electron chi connectivity index (χ3n) is 6.33. The lowest BCUT2D eigenvalue weighted by atomic mass is 9.91. The highest BCUT2D eigenvalue weighted by atomic mass is 35.5. The van der Waals surface area contributed by atoms with Gasteiger partial charge in [-0.1, -0.05) is 55.8 Å². The van der Waals surface area contributed by atoms with Crippen LogP contribution in [0.25, 0.3) is 11.1 Å². The van der Waals surface area contributed by atoms with Crippen LogP contribution in [0.15, 0.2) is 66.7 Å². The van der Waals surface area contributed by atoms with Crippen LogP contribution < -0.4 is 10.2 Å². The molecule has 3 aromatic rings. The van der Waals surface area contributed by atoms with Crippen LogP contribution in [0.4, 0.5) is 11.4 Å². The maximum absolute atomic E-state index is 12.2. The van der Waals surface area contributed by atoms with E-state index < -0.39 is 0 Å². The van der Waals surface area contributed by atoms with E-state index in [0.29, 0.717) is 12.5 Å². The van der Waals surface area contributed by atoms with E-state index in [1.165, 1.54) is 16.7 Å². The molecule has 2 unspecified atom stereocenters. The molecule has 4 rings (SSSR count). The summed E-state index contributed by atoms with van der Waals surface area (Å²) in [5.74, 6) is 0.645. The number of carbonyl (C=O) groups is 1. The number of amides is 1. The van der Waals surface area contributed by atoms with E-state index in [-0.39, 0.29) is 11.9 Å². The molecule has 2 atom stereocenters. The monoisotopic (exact) mass is 432 g/mol. The van der Waals surface area contributed by atoms with Crippen LogP contribution in [0.2, 0.25) is 5.02 Å². The van der Waals surface area contributed by atoms with Crippen LogP contribution >= 0.6 is 11.6 Å². The average Bonchev–Trinajstić information content (AvgIpc) is 2.79. The first-order chi connectivity index (χ1) is 15.0. The summed E-state index contributed by atoms with van der Waals surface area (Å²) in [7, 11) is 0. The van der Waals surface area contributed by atoms with Crippen molar-refractivity contribution in [3.63, 3.8) is 0 Å². The molecule has 1 amide bonds. The standard InChI is InChI=1S/C27H29ClN2O/c1-4-18(2)20-5-7-21(8-6-20)22-9-14-27-25(17-22)26(15-16-30(27)19(3)31)29-24-12-10-23(28)11-13-24/h5-14,17-18,26,29H,4,15-16H2,1-3H3. The van der Waals surface area contributed by atoms with Crippen molar-refractivity contribution in [1.82, 2.24) is 0 Å². The highest BCUT2D eigenvalue weighted by Gasteiger charge is 2.27. The Balaban J connectivity index is 1.69. The maximum Gasteiger partial charge on any atom is 0.223 e. The average molecular weight is 433 g/mol. The Morgan fingerprint density at radius 3 is 2.39 bits per heavy atom. The fourth-order valence-electron chi connectivity index (χ4n) is 4.26. The molecule has 0 saturated heterocycles. The van der Waals surface area contributed by atoms with Gasteiger partial charge in [0.25, 0.3) is 0 Å². The topological polar surface area (TPSA) is 32.3 Å². The zero-order valence-corrected chi connectivity index (χ0v) is 19.1. The Hall–Kier alpha value is -2.78. The second-order valence-electron chi connectivity index (χ2n) is 8.37. The fourth-order valence-corrected chi connectivity index (χ4v) is 4.38. The first kappa shape index (κ1) is 21.5. The summed E-state index contributed by atoms with van der Waals surface area (Å²) in [5, 5.41) is 4.36. The molecule has 1 heterocycles. The third kappa shape index (κ3) is 4.62. The molecule has 0 saturated carbocycles. The summed E-state index contributed by atoms with van der Waals surface area (Å²) in [6.07, 6.45) is 1.99. The summed E-state index contributed by atoms with van der Waals surface area (Å²) in [6, 6.07) is 23.2. The lowest BCUT2D eigenvalue weighted by Crippen LogP contribution is -2.36. The molecule has 31 heavy (non-hydrogen) atoms. The van der Waals surface area contributed by atoms with Gasteiger partial charge in [-0.25, -0.2) is 0 Å². The van der Waals surface area contributed by atoms with Crippen molar-refractivity contribution in [2.75, 3.05) is 16.8 Å². The number of fused-ring (bicyclic) bond motifs is 1. The van der Waals surface area contributed by atoms with Gasteiger partial charge in [0.1, 0.15) is 0 Å². The first-order valence-corrected chi connectivity index (χ1v) is 11.4. The summed E-state index contributed by atoms with van der Waals surface area (Å²) in [6.45, 7) is 6.82. The van der Waals surface area contributed by atoms with E-state index in [0.717, 1.165) is 34.8 Å². The van der Waals surface area contributed by atoms with Crippen molar-refractivity contribution in [3.8, 4) is 11.1 Å². The second-order valence-corrected chi connectivity index (χ2v) is 8.80. The molecule has 0 spiro atoms. The number of hydrogen-bond acceptors (Lipinski definition) is 2. The molecule has 4 heteroatoms. The molecule has 0 bridgehead atoms. The summed E-state index contributed by atoms with van der Waals surface area (Å²) < 4.78 is 0. The van der Waals surface area contributed by atoms with Crippen molar-refractivity contribution in [1.29, 1.82) is 0 Å². The summed E-state index contributed by atoms with van der Waals surface area (Å²) >= 11 is 6.05. The zero-order chi connectivity index (χ0) is 22.0. The van der Waals surface area contributed by atoms with Gasteiger partial charge in [0.2, 0.25) is 5.91 Å². The highest BCUT2D eigenvalue weighted by molar-refractivity contribution is 6.30. The summed E-state index contributed by atoms with van der Waals surface area (Å²) in [4.78, 5) is 14.1. The fraction of sp³-hybridized carbons (Fsp3) is 0.296. The lowest BCUT2D eigenvalue weighted by Gasteiger charge is -2.35. The van der Waals surface area contributed by atoms with Crippen molar-refractivity contribution in [3.05, 3.63) is 82.9 Å². The van der Waals surface area contributed by atoms with Gasteiger partial charge in [-0.05, 0) is 77.4 Å². The van der Waals surface area contributed by atoms with Crippen LogP contribution in [0.3, 0.4) is 0 Å². The number of nitrogens with one attached hydrogen (secondary N) is 1. The Kier molecular flexibility index (Phi) is 6.33. The Morgan fingerprint density at radius 2 is 1.74 bits per heavy atom. The minimum atomic E-state index is 0.0804. The second kappa shape index (κ2) is 9.15. The van der Waals surface area contributed by atoms with Gasteiger partial charge in [0, 0.05) is 29.9 Å². The van der Waals surface area contributed by atoms with Crippen molar-refractivity contribution in [2.45, 2.75) is 45.6 Å². The predicted octanol–water partition coefficient (Wildman–Crippen LogP) is 7.43. The number of hydrogen-bond donors (Lipinski definition) is 1. The molecule has 0 aromatic heterocycles. The predicted molar refractivity (Wildman–Crippen MR) is 131 cm³/mol. The van der Waals surface area contributed by atoms with Gasteiger partial charge in [0.15, 0.2) is 0 Å². The number of nitrogens with zero attached hydrogens (tertiary/aromatic N) is 1. The van der Waals surface area contributed by atoms with Crippen LogP contribution in [0, 0.1) is 0 Å². The molecule has 0 radical (unpaired) electrons. The minimum absolute atomic E-state index is 0.0804. The van der Waals surface area contributed by atoms with E-state index in [9.17, 15) is 4.79 Å². The third-order valence-corrected chi connectivity index (χ3v) is 6.58. The maximum atomic E-state index is 12.2. The SMILES string of the molecule is CCC(C)c1ccc(-c2ccc3c(c2)C(Nc2ccc(Cl)cc2)CCN3C(C)=O)cc1. The summed E-state index contributed by atoms with van der Waals surface area (Å²) in [5.41, 5.74) is 6.90. The van der Waals surface area contributed by atoms with Crippen LogP contribution in [-0.2, 0) is 4.79 Å². The molecular formula is C27H29ClN2O. The smallest absolute Gasteiger partial charge is 0.223 e. The van der Waals surface area contributed by atoms with E-state index in [1.807, 2.05) is 29.2 Å². The number of halogens is 1. The zero-order valence-electron chi connectivity index (χ0n) is 18.4. The number of carbonyl (C=O) groups excluding carboxylic acids is 1. The highest BCUT2D eigenvalue weighted by Crippen LogP contribution is 2.39. The van der Waals surface area contributed by atoms with Crippen LogP contribution in [-0.4, -0.2) is 12.5 Å². The van der Waals surface area contributed by atoms with Gasteiger partial charge < -0.3 is 10.2 Å². The van der Waals surface area contributed by atoms with E-state index in [4.69, 9.17) is 11.6 Å². The molecular weight excluding hydrogens is 404 g/mol. The van der Waals surface area contributed by atoms with Crippen molar-refractivity contribution < 1.29 is 4.79 Å². The Morgan fingerprint density at radius 1 is 1.06 bits per heavy atom. The van der Waals surface area contributed by atoms with Gasteiger partial charge in [-0.2, -0.15) is 0 Å². The van der Waals surface area contributed by atoms with Crippen LogP contribution in [0.1, 0.15) is 56.7 Å². The molecule has 1 N–H and O–H groups in total. The van der Waals surface area contributed by atoms with Gasteiger partial charge in [-0.15, -0.1) is 0 Å². The van der Waals surface area contributed by atoms with E-state index >= 15 is 0 Å². The Labute approximate surface area is 190 Å². The quantitative estimate of drug-likeness (QED) is 0.454. The van der Waals surface area contributed by atoms with Gasteiger partial charge >= 0.3 is 0 Å². The number of rotatable bonds is 5. The normalized spacial score (nSPS) is 16.5. The molecule has 3 nitrogen and oxygen atoms in total. The first-order valence-electron chi connectivity index (χ1n) is 11.0. The van der Waals surface area contributed by atoms with E-state index in [2.05, 4.69) is 61.6 Å². The van der Waals surface area contributed by atoms with E-state index in [1.54, 1.807) is 6.92 Å². The molecule has 0 aliphatic carbocycles. The largest absolute Gasteiger partial charge is 0.378 e. The minimum Gasteiger partial charge on any atom is -0.378 e. The van der Waals surface area contributed by atoms with Gasteiger partial charge in [-0.3, -0.25) is 4.79 Å². The van der Waals surface area contributed by atoms with Crippen LogP contribution in [0.5, 0.6) is 0 Å². The molecule has 0 fully saturated rings. The number of anilines is 2. The Bertz CT molecular complexity index is 1060. The lowest BCUT2D eigenvalue weighted by molar-refractivity contribution is -0.116. The molecule has 3 aromatic carbocycles. The van der Waals surface area contributed by atoms with Crippen molar-refractivity contribution in [2.24, 2.45) is 0 Å².